The van der Waals surface area contributed by atoms with Gasteiger partial charge in [0.1, 0.15) is 11.5 Å². The molecule has 9 aromatic carbocycles. The molecule has 0 bridgehead atoms. The van der Waals surface area contributed by atoms with Gasteiger partial charge in [-0.3, -0.25) is 4.89 Å². The van der Waals surface area contributed by atoms with Crippen LogP contribution in [0.1, 0.15) is 0 Å². The lowest BCUT2D eigenvalue weighted by molar-refractivity contribution is 0.229. The van der Waals surface area contributed by atoms with E-state index in [1.54, 1.807) is 0 Å². The molecule has 0 radical (unpaired) electrons. The van der Waals surface area contributed by atoms with Crippen molar-refractivity contribution in [3.8, 4) is 56.0 Å². The molecule has 1 atom stereocenters. The van der Waals surface area contributed by atoms with E-state index in [2.05, 4.69) is 203 Å². The molecule has 0 spiro atoms. The molecule has 9 rings (SSSR count). The molecule has 0 saturated carbocycles. The molecule has 0 heterocycles. The summed E-state index contributed by atoms with van der Waals surface area (Å²) in [4.78, 5) is 25.6. The monoisotopic (exact) mass is 886 g/mol. The van der Waals surface area contributed by atoms with Crippen LogP contribution < -0.4 is 4.52 Å². The Morgan fingerprint density at radius 1 is 0.297 bits per heavy atom. The summed E-state index contributed by atoms with van der Waals surface area (Å²) in [6.07, 6.45) is 0. The van der Waals surface area contributed by atoms with Gasteiger partial charge in [-0.05, 0) is 56.6 Å². The van der Waals surface area contributed by atoms with E-state index < -0.39 is 15.6 Å². The van der Waals surface area contributed by atoms with Crippen LogP contribution >= 0.6 is 15.6 Å². The van der Waals surface area contributed by atoms with Crippen LogP contribution in [0.25, 0.3) is 44.5 Å². The van der Waals surface area contributed by atoms with Gasteiger partial charge < -0.3 is 19.4 Å². The number of hydrogen-bond donors (Lipinski definition) is 4. The lowest BCUT2D eigenvalue weighted by atomic mass is 10.1. The standard InChI is InChI=1S/4C12H10.C6H8O8P2/c4*1-3-7-11(8-4-1)12-9-5-2-6-10-12;7-5-2-1-3-6(4-5)13-16(11,12)14-15(8,9)10/h4*1-10H;1-4,7H,(H,11,12)(H2,8,9,10). The van der Waals surface area contributed by atoms with Crippen molar-refractivity contribution in [3.63, 3.8) is 0 Å². The Bertz CT molecular complexity index is 2280. The Morgan fingerprint density at radius 2 is 0.516 bits per heavy atom. The van der Waals surface area contributed by atoms with E-state index in [0.29, 0.717) is 0 Å². The average Bonchev–Trinajstić information content (AvgIpc) is 3.34. The van der Waals surface area contributed by atoms with Gasteiger partial charge in [0.2, 0.25) is 0 Å². The van der Waals surface area contributed by atoms with Gasteiger partial charge in [-0.25, -0.2) is 9.13 Å². The van der Waals surface area contributed by atoms with E-state index in [1.807, 2.05) is 48.5 Å². The molecule has 0 saturated heterocycles. The van der Waals surface area contributed by atoms with Gasteiger partial charge in [0.05, 0.1) is 0 Å². The first-order chi connectivity index (χ1) is 31.0. The molecule has 0 fully saturated rings. The van der Waals surface area contributed by atoms with E-state index >= 15 is 0 Å². The number of phenolic OH excluding ortho intramolecular Hbond substituents is 1. The van der Waals surface area contributed by atoms with Crippen LogP contribution in [0.2, 0.25) is 0 Å². The van der Waals surface area contributed by atoms with Crippen molar-refractivity contribution in [2.75, 3.05) is 0 Å². The summed E-state index contributed by atoms with van der Waals surface area (Å²) in [5.74, 6) is -0.507. The second-order valence-corrected chi connectivity index (χ2v) is 16.3. The van der Waals surface area contributed by atoms with Crippen molar-refractivity contribution in [2.45, 2.75) is 0 Å². The van der Waals surface area contributed by atoms with E-state index in [1.165, 1.54) is 62.7 Å². The maximum atomic E-state index is 11.0. The van der Waals surface area contributed by atoms with Gasteiger partial charge in [0, 0.05) is 6.07 Å². The van der Waals surface area contributed by atoms with Crippen LogP contribution in [-0.4, -0.2) is 19.8 Å². The molecule has 1 unspecified atom stereocenters. The zero-order valence-electron chi connectivity index (χ0n) is 34.7. The SMILES string of the molecule is O=P(O)(O)OP(=O)(O)Oc1cccc(O)c1.c1ccc(-c2ccccc2)cc1.c1ccc(-c2ccccc2)cc1.c1ccc(-c2ccccc2)cc1.c1ccc(-c2ccccc2)cc1. The smallest absolute Gasteiger partial charge is 0.508 e. The molecular formula is C54H48O8P2. The third-order valence-electron chi connectivity index (χ3n) is 8.77. The largest absolute Gasteiger partial charge is 0.536 e. The zero-order chi connectivity index (χ0) is 45.3. The molecule has 0 aromatic heterocycles. The van der Waals surface area contributed by atoms with Crippen LogP contribution in [0.3, 0.4) is 0 Å². The zero-order valence-corrected chi connectivity index (χ0v) is 36.5. The van der Waals surface area contributed by atoms with Crippen LogP contribution in [0, 0.1) is 0 Å². The molecule has 8 nitrogen and oxygen atoms in total. The normalized spacial score (nSPS) is 11.1. The molecule has 0 aliphatic rings. The number of hydrogen-bond acceptors (Lipinski definition) is 5. The predicted molar refractivity (Wildman–Crippen MR) is 259 cm³/mol. The van der Waals surface area contributed by atoms with Crippen LogP contribution in [0.4, 0.5) is 0 Å². The highest BCUT2D eigenvalue weighted by Gasteiger charge is 2.33. The Kier molecular flexibility index (Phi) is 19.3. The first-order valence-corrected chi connectivity index (χ1v) is 23.1. The molecule has 9 aromatic rings. The lowest BCUT2D eigenvalue weighted by Crippen LogP contribution is -1.95. The van der Waals surface area contributed by atoms with Gasteiger partial charge in [-0.15, -0.1) is 0 Å². The van der Waals surface area contributed by atoms with Gasteiger partial charge >= 0.3 is 15.6 Å². The Morgan fingerprint density at radius 3 is 0.703 bits per heavy atom. The van der Waals surface area contributed by atoms with E-state index in [0.717, 1.165) is 6.07 Å². The lowest BCUT2D eigenvalue weighted by Gasteiger charge is -2.12. The summed E-state index contributed by atoms with van der Waals surface area (Å²) in [6.45, 7) is 0. The summed E-state index contributed by atoms with van der Waals surface area (Å²) in [6, 6.07) is 87.9. The number of aromatic hydroxyl groups is 1. The van der Waals surface area contributed by atoms with Crippen LogP contribution in [-0.2, 0) is 13.4 Å². The Hall–Kier alpha value is -7.12. The van der Waals surface area contributed by atoms with Gasteiger partial charge in [-0.2, -0.15) is 4.31 Å². The third-order valence-corrected chi connectivity index (χ3v) is 10.9. The summed E-state index contributed by atoms with van der Waals surface area (Å²) >= 11 is 0. The van der Waals surface area contributed by atoms with Crippen molar-refractivity contribution in [1.29, 1.82) is 0 Å². The number of rotatable bonds is 8. The first-order valence-electron chi connectivity index (χ1n) is 20.0. The van der Waals surface area contributed by atoms with Crippen molar-refractivity contribution >= 4 is 15.6 Å². The average molecular weight is 887 g/mol. The quantitative estimate of drug-likeness (QED) is 0.111. The van der Waals surface area contributed by atoms with Crippen molar-refractivity contribution in [3.05, 3.63) is 267 Å². The summed E-state index contributed by atoms with van der Waals surface area (Å²) in [5, 5.41) is 9.00. The van der Waals surface area contributed by atoms with Crippen molar-refractivity contribution < 1.29 is 37.8 Å². The first kappa shape index (κ1) is 47.9. The fourth-order valence-electron chi connectivity index (χ4n) is 5.87. The van der Waals surface area contributed by atoms with Crippen LogP contribution in [0.5, 0.6) is 11.5 Å². The summed E-state index contributed by atoms with van der Waals surface area (Å²) in [5.41, 5.74) is 10.2. The molecule has 0 aliphatic carbocycles. The highest BCUT2D eigenvalue weighted by molar-refractivity contribution is 7.60. The van der Waals surface area contributed by atoms with Gasteiger partial charge in [-0.1, -0.05) is 249 Å². The molecule has 0 amide bonds. The number of phenols is 1. The highest BCUT2D eigenvalue weighted by Crippen LogP contribution is 2.57. The minimum atomic E-state index is -5.14. The van der Waals surface area contributed by atoms with Crippen molar-refractivity contribution in [1.82, 2.24) is 0 Å². The number of phosphoric ester groups is 1. The molecule has 4 N–H and O–H groups in total. The highest BCUT2D eigenvalue weighted by atomic mass is 31.3. The number of phosphoric acid groups is 2. The minimum absolute atomic E-state index is 0.242. The third kappa shape index (κ3) is 18.1. The fourth-order valence-corrected chi connectivity index (χ4v) is 7.46. The molecule has 322 valence electrons. The maximum Gasteiger partial charge on any atom is 0.536 e. The van der Waals surface area contributed by atoms with Gasteiger partial charge in [0.15, 0.2) is 0 Å². The minimum Gasteiger partial charge on any atom is -0.508 e. The predicted octanol–water partition coefficient (Wildman–Crippen LogP) is 14.4. The Balaban J connectivity index is 0.000000151. The van der Waals surface area contributed by atoms with Crippen molar-refractivity contribution in [2.24, 2.45) is 0 Å². The summed E-state index contributed by atoms with van der Waals surface area (Å²) < 4.78 is 29.2. The number of benzene rings is 9. The Labute approximate surface area is 374 Å². The molecule has 10 heteroatoms. The summed E-state index contributed by atoms with van der Waals surface area (Å²) in [7, 11) is -10.1. The fraction of sp³-hybridized carbons (Fsp3) is 0. The van der Waals surface area contributed by atoms with E-state index in [4.69, 9.17) is 19.8 Å². The van der Waals surface area contributed by atoms with E-state index in [-0.39, 0.29) is 11.5 Å². The molecule has 64 heavy (non-hydrogen) atoms. The second kappa shape index (κ2) is 25.7. The van der Waals surface area contributed by atoms with E-state index in [9.17, 15) is 9.13 Å². The maximum absolute atomic E-state index is 11.0. The topological polar surface area (TPSA) is 134 Å². The molecule has 0 aliphatic heterocycles. The van der Waals surface area contributed by atoms with Crippen LogP contribution in [0.15, 0.2) is 267 Å². The second-order valence-electron chi connectivity index (χ2n) is 13.6. The molecular weight excluding hydrogens is 839 g/mol. The van der Waals surface area contributed by atoms with Gasteiger partial charge in [0.25, 0.3) is 0 Å².